The number of hydrogen-bond donors (Lipinski definition) is 2. The van der Waals surface area contributed by atoms with Gasteiger partial charge in [-0.05, 0) is 41.5 Å². The number of carbonyl (C=O) groups excluding carboxylic acids is 2. The van der Waals surface area contributed by atoms with Gasteiger partial charge >= 0.3 is 0 Å². The molecule has 1 unspecified atom stereocenters. The summed E-state index contributed by atoms with van der Waals surface area (Å²) in [6.45, 7) is 4.66. The van der Waals surface area contributed by atoms with E-state index in [1.54, 1.807) is 19.1 Å². The lowest BCUT2D eigenvalue weighted by Gasteiger charge is -2.36. The number of rotatable bonds is 9. The molecule has 0 bridgehead atoms. The van der Waals surface area contributed by atoms with Crippen molar-refractivity contribution >= 4 is 43.2 Å². The maximum Gasteiger partial charge on any atom is 0.203 e. The molecule has 0 spiro atoms. The third kappa shape index (κ3) is 3.70. The molecule has 2 aromatic heterocycles. The molecular weight excluding hydrogens is 436 g/mol. The van der Waals surface area contributed by atoms with Crippen molar-refractivity contribution in [1.82, 2.24) is 9.97 Å². The van der Waals surface area contributed by atoms with Gasteiger partial charge in [-0.2, -0.15) is 0 Å². The molecule has 0 radical (unpaired) electrons. The fraction of sp³-hybridized carbons (Fsp3) is 0.308. The van der Waals surface area contributed by atoms with E-state index in [1.807, 2.05) is 55.5 Å². The van der Waals surface area contributed by atoms with Crippen LogP contribution < -0.4 is 0 Å². The number of H-pyrrole nitrogens is 2. The van der Waals surface area contributed by atoms with Gasteiger partial charge in [0.1, 0.15) is 0 Å². The number of nitrogens with one attached hydrogen (secondary N) is 2. The number of sulfone groups is 1. The van der Waals surface area contributed by atoms with E-state index in [-0.39, 0.29) is 5.75 Å². The molecule has 0 aliphatic rings. The summed E-state index contributed by atoms with van der Waals surface area (Å²) in [6, 6.07) is 18.6. The molecule has 0 aliphatic carbocycles. The van der Waals surface area contributed by atoms with Crippen LogP contribution in [0.15, 0.2) is 60.7 Å². The van der Waals surface area contributed by atoms with Crippen molar-refractivity contribution < 1.29 is 18.0 Å². The van der Waals surface area contributed by atoms with E-state index in [0.29, 0.717) is 24.2 Å². The van der Waals surface area contributed by atoms with Crippen LogP contribution in [0.5, 0.6) is 0 Å². The van der Waals surface area contributed by atoms with E-state index in [0.717, 1.165) is 21.8 Å². The number of benzene rings is 2. The predicted octanol–water partition coefficient (Wildman–Crippen LogP) is 4.90. The number of Topliss-reactive ketones (excluding diaryl/α,β-unsaturated/α-hetero) is 2. The van der Waals surface area contributed by atoms with Crippen molar-refractivity contribution in [2.75, 3.05) is 5.75 Å². The summed E-state index contributed by atoms with van der Waals surface area (Å²) >= 11 is 0. The van der Waals surface area contributed by atoms with Crippen LogP contribution in [0, 0.1) is 5.92 Å². The first kappa shape index (κ1) is 23.0. The minimum Gasteiger partial charge on any atom is -0.357 e. The molecule has 0 saturated carbocycles. The van der Waals surface area contributed by atoms with Gasteiger partial charge in [-0.3, -0.25) is 9.59 Å². The number of fused-ring (bicyclic) bond motifs is 2. The Bertz CT molecular complexity index is 1310. The van der Waals surface area contributed by atoms with Crippen molar-refractivity contribution in [3.63, 3.8) is 0 Å². The van der Waals surface area contributed by atoms with Gasteiger partial charge in [0, 0.05) is 29.3 Å². The van der Waals surface area contributed by atoms with Crippen LogP contribution in [0.2, 0.25) is 0 Å². The van der Waals surface area contributed by atoms with Gasteiger partial charge < -0.3 is 9.97 Å². The lowest BCUT2D eigenvalue weighted by atomic mass is 9.82. The van der Waals surface area contributed by atoms with Crippen LogP contribution in [-0.2, 0) is 24.2 Å². The van der Waals surface area contributed by atoms with Gasteiger partial charge in [-0.15, -0.1) is 0 Å². The minimum absolute atomic E-state index is 0.107. The Labute approximate surface area is 193 Å². The summed E-state index contributed by atoms with van der Waals surface area (Å²) in [4.78, 5) is 31.9. The smallest absolute Gasteiger partial charge is 0.203 e. The normalized spacial score (nSPS) is 13.4. The number of carbonyl (C=O) groups is 2. The SMILES string of the molecule is CCCCS(=O)(=O)C(c1cc2ccccc2[nH]1)(c1cc2ccccc2[nH]1)C(C)C(=O)C(C)=O. The van der Waals surface area contributed by atoms with E-state index in [1.165, 1.54) is 6.92 Å². The van der Waals surface area contributed by atoms with Crippen LogP contribution in [0.25, 0.3) is 21.8 Å². The Hall–Kier alpha value is -3.19. The second kappa shape index (κ2) is 8.63. The van der Waals surface area contributed by atoms with Crippen LogP contribution in [0.1, 0.15) is 45.0 Å². The first-order valence-electron chi connectivity index (χ1n) is 11.2. The van der Waals surface area contributed by atoms with Gasteiger partial charge in [0.25, 0.3) is 0 Å². The summed E-state index contributed by atoms with van der Waals surface area (Å²) in [6.07, 6.45) is 1.13. The van der Waals surface area contributed by atoms with Crippen LogP contribution in [-0.4, -0.2) is 35.7 Å². The van der Waals surface area contributed by atoms with Crippen molar-refractivity contribution in [2.24, 2.45) is 5.92 Å². The van der Waals surface area contributed by atoms with Gasteiger partial charge in [-0.25, -0.2) is 8.42 Å². The standard InChI is InChI=1S/C26H28N2O4S/c1-4-5-14-33(31,32)26(17(2)25(30)18(3)29,23-15-19-10-6-8-12-21(19)27-23)24-16-20-11-7-9-13-22(20)28-24/h6-13,15-17,27-28H,4-5,14H2,1-3H3. The average molecular weight is 465 g/mol. The molecule has 172 valence electrons. The number of aromatic amines is 2. The summed E-state index contributed by atoms with van der Waals surface area (Å²) < 4.78 is 26.7. The third-order valence-electron chi connectivity index (χ3n) is 6.47. The second-order valence-corrected chi connectivity index (χ2v) is 10.9. The molecule has 7 heteroatoms. The number of aromatic nitrogens is 2. The Morgan fingerprint density at radius 3 is 1.82 bits per heavy atom. The molecule has 1 atom stereocenters. The maximum atomic E-state index is 14.2. The second-order valence-electron chi connectivity index (χ2n) is 8.59. The predicted molar refractivity (Wildman–Crippen MR) is 131 cm³/mol. The van der Waals surface area contributed by atoms with Gasteiger partial charge in [0.2, 0.25) is 5.78 Å². The van der Waals surface area contributed by atoms with Crippen molar-refractivity contribution in [3.05, 3.63) is 72.1 Å². The minimum atomic E-state index is -3.96. The first-order valence-corrected chi connectivity index (χ1v) is 12.8. The Morgan fingerprint density at radius 2 is 1.39 bits per heavy atom. The molecule has 4 rings (SSSR count). The Balaban J connectivity index is 2.13. The molecule has 0 saturated heterocycles. The van der Waals surface area contributed by atoms with Crippen LogP contribution in [0.3, 0.4) is 0 Å². The van der Waals surface area contributed by atoms with Crippen LogP contribution >= 0.6 is 0 Å². The van der Waals surface area contributed by atoms with E-state index in [2.05, 4.69) is 9.97 Å². The molecule has 4 aromatic rings. The monoisotopic (exact) mass is 464 g/mol. The number of hydrogen-bond acceptors (Lipinski definition) is 4. The molecule has 2 heterocycles. The topological polar surface area (TPSA) is 99.9 Å². The molecule has 0 amide bonds. The summed E-state index contributed by atoms with van der Waals surface area (Å²) in [7, 11) is -3.96. The van der Waals surface area contributed by atoms with E-state index in [9.17, 15) is 18.0 Å². The zero-order valence-electron chi connectivity index (χ0n) is 19.0. The highest BCUT2D eigenvalue weighted by atomic mass is 32.2. The highest BCUT2D eigenvalue weighted by Crippen LogP contribution is 2.46. The Kier molecular flexibility index (Phi) is 6.01. The van der Waals surface area contributed by atoms with Gasteiger partial charge in [0.05, 0.1) is 11.7 Å². The molecule has 0 fully saturated rings. The fourth-order valence-electron chi connectivity index (χ4n) is 4.75. The quantitative estimate of drug-likeness (QED) is 0.344. The van der Waals surface area contributed by atoms with Crippen LogP contribution in [0.4, 0.5) is 0 Å². The van der Waals surface area contributed by atoms with E-state index >= 15 is 0 Å². The number of ketones is 2. The third-order valence-corrected chi connectivity index (χ3v) is 9.07. The highest BCUT2D eigenvalue weighted by molar-refractivity contribution is 7.92. The van der Waals surface area contributed by atoms with Crippen molar-refractivity contribution in [1.29, 1.82) is 0 Å². The van der Waals surface area contributed by atoms with Gasteiger partial charge in [-0.1, -0.05) is 56.7 Å². The summed E-state index contributed by atoms with van der Waals surface area (Å²) in [5, 5.41) is 1.67. The fourth-order valence-corrected chi connectivity index (χ4v) is 7.27. The summed E-state index contributed by atoms with van der Waals surface area (Å²) in [5.74, 6) is -2.63. The molecule has 6 nitrogen and oxygen atoms in total. The molecule has 2 aromatic carbocycles. The van der Waals surface area contributed by atoms with Crippen molar-refractivity contribution in [2.45, 2.75) is 38.4 Å². The highest BCUT2D eigenvalue weighted by Gasteiger charge is 2.56. The molecular formula is C26H28N2O4S. The molecule has 33 heavy (non-hydrogen) atoms. The summed E-state index contributed by atoms with van der Waals surface area (Å²) in [5.41, 5.74) is 2.30. The number of para-hydroxylation sites is 2. The zero-order chi connectivity index (χ0) is 23.8. The lowest BCUT2D eigenvalue weighted by Crippen LogP contribution is -2.49. The maximum absolute atomic E-state index is 14.2. The largest absolute Gasteiger partial charge is 0.357 e. The van der Waals surface area contributed by atoms with Gasteiger partial charge in [0.15, 0.2) is 20.4 Å². The molecule has 0 aliphatic heterocycles. The van der Waals surface area contributed by atoms with E-state index < -0.39 is 32.1 Å². The average Bonchev–Trinajstić information content (AvgIpc) is 3.41. The van der Waals surface area contributed by atoms with Crippen molar-refractivity contribution in [3.8, 4) is 0 Å². The number of unbranched alkanes of at least 4 members (excludes halogenated alkanes) is 1. The van der Waals surface area contributed by atoms with E-state index in [4.69, 9.17) is 0 Å². The Morgan fingerprint density at radius 1 is 0.909 bits per heavy atom. The zero-order valence-corrected chi connectivity index (χ0v) is 19.8. The molecule has 2 N–H and O–H groups in total. The first-order chi connectivity index (χ1) is 15.7. The lowest BCUT2D eigenvalue weighted by molar-refractivity contribution is -0.138.